The van der Waals surface area contributed by atoms with Gasteiger partial charge >= 0.3 is 11.9 Å². The number of pyridine rings is 3. The maximum absolute atomic E-state index is 13.1. The van der Waals surface area contributed by atoms with Crippen LogP contribution in [0.5, 0.6) is 0 Å². The minimum atomic E-state index is -4.69. The van der Waals surface area contributed by atoms with Crippen LogP contribution in [0.1, 0.15) is 11.3 Å². The summed E-state index contributed by atoms with van der Waals surface area (Å²) in [6.45, 7) is -0.306. The highest BCUT2D eigenvalue weighted by Crippen LogP contribution is 2.34. The van der Waals surface area contributed by atoms with E-state index in [0.29, 0.717) is 16.2 Å². The summed E-state index contributed by atoms with van der Waals surface area (Å²) in [5.74, 6) is 0. The van der Waals surface area contributed by atoms with E-state index < -0.39 is 23.1 Å². The Morgan fingerprint density at radius 1 is 0.914 bits per heavy atom. The molecule has 0 aliphatic rings. The number of benzene rings is 1. The fraction of sp³-hybridized carbons (Fsp3) is 0.0833. The van der Waals surface area contributed by atoms with Gasteiger partial charge in [0.15, 0.2) is 5.65 Å². The second-order valence-corrected chi connectivity index (χ2v) is 8.14. The van der Waals surface area contributed by atoms with E-state index in [-0.39, 0.29) is 12.1 Å². The molecule has 0 bridgehead atoms. The van der Waals surface area contributed by atoms with E-state index in [2.05, 4.69) is 10.1 Å². The van der Waals surface area contributed by atoms with Crippen LogP contribution in [0, 0.1) is 0 Å². The number of aromatic nitrogens is 5. The maximum atomic E-state index is 13.1. The standard InChI is InChI=1S/C24H15ClF3N5O2/c25-17-4-1-14(2-5-17)18-9-12-32-21(20(18)15-7-10-29-11-8-15)31-33(23(32)35)13-16-3-6-19(24(26,27)28)30-22(16)34/h1-12H,13H2,(H,30,34). The summed E-state index contributed by atoms with van der Waals surface area (Å²) in [5.41, 5.74) is 0.645. The van der Waals surface area contributed by atoms with Crippen molar-refractivity contribution in [2.45, 2.75) is 12.7 Å². The minimum Gasteiger partial charge on any atom is -0.318 e. The lowest BCUT2D eigenvalue weighted by Gasteiger charge is -2.11. The van der Waals surface area contributed by atoms with Crippen molar-refractivity contribution in [3.8, 4) is 22.3 Å². The number of halogens is 4. The van der Waals surface area contributed by atoms with E-state index in [4.69, 9.17) is 11.6 Å². The summed E-state index contributed by atoms with van der Waals surface area (Å²) in [6.07, 6.45) is 0.102. The summed E-state index contributed by atoms with van der Waals surface area (Å²) >= 11 is 6.04. The normalized spacial score (nSPS) is 11.8. The Labute approximate surface area is 200 Å². The third kappa shape index (κ3) is 4.24. The van der Waals surface area contributed by atoms with Crippen molar-refractivity contribution in [2.24, 2.45) is 0 Å². The van der Waals surface area contributed by atoms with Gasteiger partial charge in [-0.05, 0) is 59.2 Å². The van der Waals surface area contributed by atoms with Gasteiger partial charge < -0.3 is 4.98 Å². The van der Waals surface area contributed by atoms with Crippen molar-refractivity contribution in [1.82, 2.24) is 24.1 Å². The fourth-order valence-electron chi connectivity index (χ4n) is 3.81. The van der Waals surface area contributed by atoms with Crippen LogP contribution < -0.4 is 11.2 Å². The first-order chi connectivity index (χ1) is 16.7. The molecule has 4 aromatic heterocycles. The summed E-state index contributed by atoms with van der Waals surface area (Å²) in [4.78, 5) is 31.2. The van der Waals surface area contributed by atoms with Gasteiger partial charge in [-0.2, -0.15) is 13.2 Å². The lowest BCUT2D eigenvalue weighted by Crippen LogP contribution is -2.26. The highest BCUT2D eigenvalue weighted by molar-refractivity contribution is 6.30. The molecular weight excluding hydrogens is 483 g/mol. The number of rotatable bonds is 4. The molecule has 0 unspecified atom stereocenters. The molecular formula is C24H15ClF3N5O2. The van der Waals surface area contributed by atoms with Gasteiger partial charge in [-0.1, -0.05) is 23.7 Å². The van der Waals surface area contributed by atoms with Crippen LogP contribution in [0.15, 0.2) is 82.8 Å². The zero-order chi connectivity index (χ0) is 24.7. The first kappa shape index (κ1) is 22.6. The van der Waals surface area contributed by atoms with Crippen molar-refractivity contribution in [1.29, 1.82) is 0 Å². The smallest absolute Gasteiger partial charge is 0.318 e. The molecule has 0 saturated heterocycles. The van der Waals surface area contributed by atoms with Crippen LogP contribution in [-0.2, 0) is 12.7 Å². The number of nitrogens with one attached hydrogen (secondary N) is 1. The number of H-pyrrole nitrogens is 1. The predicted molar refractivity (Wildman–Crippen MR) is 124 cm³/mol. The summed E-state index contributed by atoms with van der Waals surface area (Å²) in [5, 5.41) is 5.02. The van der Waals surface area contributed by atoms with Crippen LogP contribution >= 0.6 is 11.6 Å². The Hall–Kier alpha value is -4.18. The van der Waals surface area contributed by atoms with E-state index in [1.165, 1.54) is 4.40 Å². The van der Waals surface area contributed by atoms with Crippen molar-refractivity contribution < 1.29 is 13.2 Å². The lowest BCUT2D eigenvalue weighted by atomic mass is 9.96. The third-order valence-corrected chi connectivity index (χ3v) is 5.75. The highest BCUT2D eigenvalue weighted by Gasteiger charge is 2.32. The molecule has 0 fully saturated rings. The summed E-state index contributed by atoms with van der Waals surface area (Å²) in [6, 6.07) is 14.3. The van der Waals surface area contributed by atoms with E-state index in [0.717, 1.165) is 33.5 Å². The van der Waals surface area contributed by atoms with Crippen molar-refractivity contribution in [3.63, 3.8) is 0 Å². The van der Waals surface area contributed by atoms with Gasteiger partial charge in [-0.15, -0.1) is 5.10 Å². The molecule has 4 heterocycles. The molecule has 0 aliphatic heterocycles. The monoisotopic (exact) mass is 497 g/mol. The Bertz CT molecular complexity index is 1660. The second kappa shape index (κ2) is 8.55. The molecule has 0 radical (unpaired) electrons. The molecule has 11 heteroatoms. The molecule has 0 amide bonds. The predicted octanol–water partition coefficient (Wildman–Crippen LogP) is 4.63. The molecule has 0 aliphatic carbocycles. The van der Waals surface area contributed by atoms with Crippen LogP contribution in [0.2, 0.25) is 5.02 Å². The van der Waals surface area contributed by atoms with Crippen LogP contribution in [-0.4, -0.2) is 24.1 Å². The Kier molecular flexibility index (Phi) is 5.52. The van der Waals surface area contributed by atoms with E-state index in [1.807, 2.05) is 17.1 Å². The van der Waals surface area contributed by atoms with Gasteiger partial charge in [0.2, 0.25) is 0 Å². The number of aromatic amines is 1. The van der Waals surface area contributed by atoms with Gasteiger partial charge in [-0.3, -0.25) is 9.78 Å². The Morgan fingerprint density at radius 2 is 1.63 bits per heavy atom. The highest BCUT2D eigenvalue weighted by atomic mass is 35.5. The van der Waals surface area contributed by atoms with Gasteiger partial charge in [0.25, 0.3) is 5.56 Å². The van der Waals surface area contributed by atoms with Gasteiger partial charge in [-0.25, -0.2) is 13.9 Å². The molecule has 7 nitrogen and oxygen atoms in total. The Balaban J connectivity index is 1.68. The van der Waals surface area contributed by atoms with Gasteiger partial charge in [0.05, 0.1) is 6.54 Å². The fourth-order valence-corrected chi connectivity index (χ4v) is 3.94. The average molecular weight is 498 g/mol. The zero-order valence-electron chi connectivity index (χ0n) is 17.8. The van der Waals surface area contributed by atoms with E-state index in [9.17, 15) is 22.8 Å². The maximum Gasteiger partial charge on any atom is 0.431 e. The van der Waals surface area contributed by atoms with E-state index >= 15 is 0 Å². The quantitative estimate of drug-likeness (QED) is 0.392. The minimum absolute atomic E-state index is 0.0353. The van der Waals surface area contributed by atoms with Crippen LogP contribution in [0.4, 0.5) is 13.2 Å². The van der Waals surface area contributed by atoms with Gasteiger partial charge in [0.1, 0.15) is 5.69 Å². The largest absolute Gasteiger partial charge is 0.431 e. The third-order valence-electron chi connectivity index (χ3n) is 5.49. The van der Waals surface area contributed by atoms with Crippen molar-refractivity contribution >= 4 is 17.2 Å². The average Bonchev–Trinajstić information content (AvgIpc) is 3.15. The summed E-state index contributed by atoms with van der Waals surface area (Å²) in [7, 11) is 0. The van der Waals surface area contributed by atoms with Crippen molar-refractivity contribution in [3.05, 3.63) is 110 Å². The number of alkyl halides is 3. The number of hydrogen-bond acceptors (Lipinski definition) is 4. The van der Waals surface area contributed by atoms with Crippen LogP contribution in [0.3, 0.4) is 0 Å². The molecule has 0 saturated carbocycles. The topological polar surface area (TPSA) is 85.1 Å². The molecule has 1 aromatic carbocycles. The lowest BCUT2D eigenvalue weighted by molar-refractivity contribution is -0.141. The van der Waals surface area contributed by atoms with Crippen molar-refractivity contribution in [2.75, 3.05) is 0 Å². The SMILES string of the molecule is O=c1[nH]c(C(F)(F)F)ccc1Cn1nc2c(-c3ccncc3)c(-c3ccc(Cl)cc3)ccn2c1=O. The number of hydrogen-bond donors (Lipinski definition) is 1. The molecule has 1 N–H and O–H groups in total. The number of fused-ring (bicyclic) bond motifs is 1. The molecule has 5 rings (SSSR count). The molecule has 0 spiro atoms. The molecule has 5 aromatic rings. The first-order valence-electron chi connectivity index (χ1n) is 10.3. The van der Waals surface area contributed by atoms with Crippen LogP contribution in [0.25, 0.3) is 27.9 Å². The zero-order valence-corrected chi connectivity index (χ0v) is 18.5. The summed E-state index contributed by atoms with van der Waals surface area (Å²) < 4.78 is 41.0. The Morgan fingerprint density at radius 3 is 2.29 bits per heavy atom. The van der Waals surface area contributed by atoms with E-state index in [1.54, 1.807) is 48.9 Å². The molecule has 35 heavy (non-hydrogen) atoms. The molecule has 176 valence electrons. The molecule has 0 atom stereocenters. The van der Waals surface area contributed by atoms with Gasteiger partial charge in [0, 0.05) is 34.7 Å². The second-order valence-electron chi connectivity index (χ2n) is 7.71. The first-order valence-corrected chi connectivity index (χ1v) is 10.7. The number of nitrogens with zero attached hydrogens (tertiary/aromatic N) is 4.